The molecular weight excluding hydrogens is 338 g/mol. The van der Waals surface area contributed by atoms with Crippen molar-refractivity contribution in [1.82, 2.24) is 10.0 Å². The van der Waals surface area contributed by atoms with E-state index in [0.29, 0.717) is 31.0 Å². The first kappa shape index (κ1) is 17.0. The molecule has 0 aliphatic carbocycles. The van der Waals surface area contributed by atoms with Gasteiger partial charge in [0.05, 0.1) is 4.90 Å². The summed E-state index contributed by atoms with van der Waals surface area (Å²) in [7, 11) is -2.10. The van der Waals surface area contributed by atoms with Gasteiger partial charge in [0, 0.05) is 30.7 Å². The fourth-order valence-corrected chi connectivity index (χ4v) is 5.35. The van der Waals surface area contributed by atoms with E-state index < -0.39 is 10.0 Å². The van der Waals surface area contributed by atoms with Crippen molar-refractivity contribution >= 4 is 21.6 Å². The zero-order valence-electron chi connectivity index (χ0n) is 14.5. The van der Waals surface area contributed by atoms with Gasteiger partial charge in [-0.05, 0) is 62.8 Å². The van der Waals surface area contributed by atoms with Crippen LogP contribution in [-0.4, -0.2) is 40.0 Å². The summed E-state index contributed by atoms with van der Waals surface area (Å²) in [6.45, 7) is 0.648. The highest BCUT2D eigenvalue weighted by atomic mass is 32.2. The van der Waals surface area contributed by atoms with Gasteiger partial charge in [-0.1, -0.05) is 6.07 Å². The van der Waals surface area contributed by atoms with E-state index in [0.717, 1.165) is 30.5 Å². The Hall–Kier alpha value is -1.44. The number of amides is 1. The number of hydrogen-bond donors (Lipinski definition) is 2. The van der Waals surface area contributed by atoms with E-state index in [9.17, 15) is 13.2 Å². The van der Waals surface area contributed by atoms with Crippen molar-refractivity contribution in [2.24, 2.45) is 5.92 Å². The molecule has 4 rings (SSSR count). The van der Waals surface area contributed by atoms with Crippen LogP contribution in [0.4, 0.5) is 5.69 Å². The summed E-state index contributed by atoms with van der Waals surface area (Å²) in [6, 6.07) is 6.24. The van der Waals surface area contributed by atoms with Gasteiger partial charge in [-0.3, -0.25) is 4.79 Å². The average Bonchev–Trinajstić information content (AvgIpc) is 3.17. The second-order valence-electron chi connectivity index (χ2n) is 7.47. The number of anilines is 1. The minimum Gasteiger partial charge on any atom is -0.312 e. The number of fused-ring (bicyclic) bond motifs is 3. The van der Waals surface area contributed by atoms with E-state index in [-0.39, 0.29) is 10.8 Å². The highest BCUT2D eigenvalue weighted by molar-refractivity contribution is 7.89. The standard InChI is InChI=1S/C18H25N3O3S/c1-19-25(23,24)16-5-2-13-6-7-21(17(13)11-16)18(22)10-12-8-14-3-4-15(9-12)20-14/h2,5,11-12,14-15,19-20H,3-4,6-10H2,1H3. The maximum atomic E-state index is 12.9. The Kier molecular flexibility index (Phi) is 4.33. The minimum atomic E-state index is -3.50. The number of sulfonamides is 1. The Morgan fingerprint density at radius 3 is 2.68 bits per heavy atom. The van der Waals surface area contributed by atoms with Crippen molar-refractivity contribution in [2.45, 2.75) is 55.5 Å². The summed E-state index contributed by atoms with van der Waals surface area (Å²) >= 11 is 0. The lowest BCUT2D eigenvalue weighted by Crippen LogP contribution is -2.40. The first-order chi connectivity index (χ1) is 12.0. The van der Waals surface area contributed by atoms with Crippen LogP contribution in [0.1, 0.15) is 37.7 Å². The van der Waals surface area contributed by atoms with Crippen molar-refractivity contribution in [3.63, 3.8) is 0 Å². The molecule has 2 unspecified atom stereocenters. The minimum absolute atomic E-state index is 0.129. The number of carbonyl (C=O) groups excluding carboxylic acids is 1. The predicted molar refractivity (Wildman–Crippen MR) is 96.0 cm³/mol. The largest absolute Gasteiger partial charge is 0.312 e. The monoisotopic (exact) mass is 363 g/mol. The SMILES string of the molecule is CNS(=O)(=O)c1ccc2c(c1)N(C(=O)CC1CC3CCC(C1)N3)CC2. The number of benzene rings is 1. The van der Waals surface area contributed by atoms with Gasteiger partial charge in [0.2, 0.25) is 15.9 Å². The second-order valence-corrected chi connectivity index (χ2v) is 9.36. The molecule has 0 saturated carbocycles. The molecule has 2 bridgehead atoms. The van der Waals surface area contributed by atoms with Gasteiger partial charge in [-0.25, -0.2) is 13.1 Å². The average molecular weight is 363 g/mol. The van der Waals surface area contributed by atoms with E-state index in [1.54, 1.807) is 17.0 Å². The maximum absolute atomic E-state index is 12.9. The van der Waals surface area contributed by atoms with Crippen LogP contribution in [0.5, 0.6) is 0 Å². The molecule has 0 radical (unpaired) electrons. The van der Waals surface area contributed by atoms with Gasteiger partial charge in [-0.2, -0.15) is 0 Å². The zero-order chi connectivity index (χ0) is 17.6. The number of hydrogen-bond acceptors (Lipinski definition) is 4. The van der Waals surface area contributed by atoms with E-state index in [2.05, 4.69) is 10.0 Å². The lowest BCUT2D eigenvalue weighted by molar-refractivity contribution is -0.119. The van der Waals surface area contributed by atoms with Gasteiger partial charge in [0.1, 0.15) is 0 Å². The van der Waals surface area contributed by atoms with Crippen LogP contribution in [0.3, 0.4) is 0 Å². The number of nitrogens with one attached hydrogen (secondary N) is 2. The molecule has 2 atom stereocenters. The third-order valence-electron chi connectivity index (χ3n) is 5.87. The third kappa shape index (κ3) is 3.20. The first-order valence-corrected chi connectivity index (χ1v) is 10.6. The van der Waals surface area contributed by atoms with Gasteiger partial charge in [-0.15, -0.1) is 0 Å². The van der Waals surface area contributed by atoms with Crippen LogP contribution in [0.25, 0.3) is 0 Å². The van der Waals surface area contributed by atoms with Crippen LogP contribution >= 0.6 is 0 Å². The van der Waals surface area contributed by atoms with Crippen molar-refractivity contribution < 1.29 is 13.2 Å². The summed E-state index contributed by atoms with van der Waals surface area (Å²) in [5.41, 5.74) is 1.81. The first-order valence-electron chi connectivity index (χ1n) is 9.09. The van der Waals surface area contributed by atoms with E-state index in [1.807, 2.05) is 6.07 Å². The molecule has 1 aromatic rings. The van der Waals surface area contributed by atoms with Gasteiger partial charge in [0.25, 0.3) is 0 Å². The fourth-order valence-electron chi connectivity index (χ4n) is 4.60. The quantitative estimate of drug-likeness (QED) is 0.848. The number of nitrogens with zero attached hydrogens (tertiary/aromatic N) is 1. The molecule has 2 N–H and O–H groups in total. The predicted octanol–water partition coefficient (Wildman–Crippen LogP) is 1.40. The third-order valence-corrected chi connectivity index (χ3v) is 7.28. The lowest BCUT2D eigenvalue weighted by Gasteiger charge is -2.30. The zero-order valence-corrected chi connectivity index (χ0v) is 15.3. The van der Waals surface area contributed by atoms with Crippen LogP contribution in [0.2, 0.25) is 0 Å². The smallest absolute Gasteiger partial charge is 0.240 e. The van der Waals surface area contributed by atoms with Crippen molar-refractivity contribution in [3.8, 4) is 0 Å². The Labute approximate surface area is 149 Å². The number of carbonyl (C=O) groups is 1. The molecule has 2 fully saturated rings. The summed E-state index contributed by atoms with van der Waals surface area (Å²) in [5.74, 6) is 0.573. The van der Waals surface area contributed by atoms with E-state index in [4.69, 9.17) is 0 Å². The molecule has 1 amide bonds. The molecule has 0 aromatic heterocycles. The van der Waals surface area contributed by atoms with Crippen LogP contribution in [0.15, 0.2) is 23.1 Å². The molecule has 1 aromatic carbocycles. The van der Waals surface area contributed by atoms with Gasteiger partial charge < -0.3 is 10.2 Å². The molecule has 3 heterocycles. The Morgan fingerprint density at radius 1 is 1.28 bits per heavy atom. The fraction of sp³-hybridized carbons (Fsp3) is 0.611. The van der Waals surface area contributed by atoms with Gasteiger partial charge >= 0.3 is 0 Å². The molecule has 6 nitrogen and oxygen atoms in total. The number of rotatable bonds is 4. The molecule has 2 saturated heterocycles. The van der Waals surface area contributed by atoms with E-state index in [1.165, 1.54) is 19.9 Å². The normalized spacial score (nSPS) is 28.2. The van der Waals surface area contributed by atoms with Crippen molar-refractivity contribution in [2.75, 3.05) is 18.5 Å². The van der Waals surface area contributed by atoms with E-state index >= 15 is 0 Å². The Balaban J connectivity index is 1.51. The molecule has 3 aliphatic rings. The molecule has 3 aliphatic heterocycles. The highest BCUT2D eigenvalue weighted by Gasteiger charge is 2.36. The Bertz CT molecular complexity index is 781. The number of piperidine rings is 1. The topological polar surface area (TPSA) is 78.5 Å². The van der Waals surface area contributed by atoms with Crippen molar-refractivity contribution in [1.29, 1.82) is 0 Å². The van der Waals surface area contributed by atoms with Crippen LogP contribution < -0.4 is 14.9 Å². The summed E-state index contributed by atoms with van der Waals surface area (Å²) in [4.78, 5) is 14.9. The molecule has 0 spiro atoms. The highest BCUT2D eigenvalue weighted by Crippen LogP contribution is 2.35. The second kappa shape index (κ2) is 6.37. The van der Waals surface area contributed by atoms with Crippen LogP contribution in [0, 0.1) is 5.92 Å². The molecule has 136 valence electrons. The maximum Gasteiger partial charge on any atom is 0.240 e. The van der Waals surface area contributed by atoms with Crippen molar-refractivity contribution in [3.05, 3.63) is 23.8 Å². The lowest BCUT2D eigenvalue weighted by atomic mass is 9.89. The van der Waals surface area contributed by atoms with Gasteiger partial charge in [0.15, 0.2) is 0 Å². The molecular formula is C18H25N3O3S. The molecule has 7 heteroatoms. The Morgan fingerprint density at radius 2 is 2.00 bits per heavy atom. The summed E-state index contributed by atoms with van der Waals surface area (Å²) in [6.07, 6.45) is 5.98. The van der Waals surface area contributed by atoms with Crippen LogP contribution in [-0.2, 0) is 21.2 Å². The molecule has 25 heavy (non-hydrogen) atoms. The summed E-state index contributed by atoms with van der Waals surface area (Å²) < 4.78 is 26.4. The summed E-state index contributed by atoms with van der Waals surface area (Å²) in [5, 5.41) is 3.61.